The fourth-order valence-electron chi connectivity index (χ4n) is 3.74. The molecule has 4 heterocycles. The number of nitrogens with one attached hydrogen (secondary N) is 1. The summed E-state index contributed by atoms with van der Waals surface area (Å²) in [5.74, 6) is 1.43. The Kier molecular flexibility index (Phi) is 4.76. The molecule has 0 spiro atoms. The topological polar surface area (TPSA) is 72.4 Å². The highest BCUT2D eigenvalue weighted by Crippen LogP contribution is 2.32. The van der Waals surface area contributed by atoms with Gasteiger partial charge in [-0.05, 0) is 31.0 Å². The molecule has 0 amide bonds. The van der Waals surface area contributed by atoms with E-state index in [2.05, 4.69) is 16.3 Å². The van der Waals surface area contributed by atoms with Crippen LogP contribution in [0.5, 0.6) is 0 Å². The molecule has 1 N–H and O–H groups in total. The molecule has 1 aromatic carbocycles. The van der Waals surface area contributed by atoms with Crippen LogP contribution in [-0.4, -0.2) is 47.9 Å². The first-order valence-electron chi connectivity index (χ1n) is 9.81. The third kappa shape index (κ3) is 3.50. The molecule has 7 nitrogen and oxygen atoms in total. The van der Waals surface area contributed by atoms with Gasteiger partial charge in [0, 0.05) is 37.1 Å². The Morgan fingerprint density at radius 2 is 1.89 bits per heavy atom. The summed E-state index contributed by atoms with van der Waals surface area (Å²) in [7, 11) is 0. The van der Waals surface area contributed by atoms with Crippen LogP contribution in [0.2, 0.25) is 0 Å². The first kappa shape index (κ1) is 17.3. The second-order valence-corrected chi connectivity index (χ2v) is 7.10. The van der Waals surface area contributed by atoms with Gasteiger partial charge < -0.3 is 19.7 Å². The van der Waals surface area contributed by atoms with Crippen molar-refractivity contribution < 1.29 is 9.47 Å². The van der Waals surface area contributed by atoms with Crippen molar-refractivity contribution in [3.63, 3.8) is 0 Å². The SMILES string of the molecule is c1ccc(Nc2nc(N3CCOCC3)c3ncc(C4CCCO4)cc3n2)cc1. The molecule has 2 aliphatic rings. The van der Waals surface area contributed by atoms with Crippen LogP contribution in [0.15, 0.2) is 42.6 Å². The van der Waals surface area contributed by atoms with Crippen LogP contribution in [0, 0.1) is 0 Å². The minimum Gasteiger partial charge on any atom is -0.378 e. The molecule has 5 rings (SSSR count). The van der Waals surface area contributed by atoms with E-state index in [1.165, 1.54) is 0 Å². The van der Waals surface area contributed by atoms with Gasteiger partial charge in [0.25, 0.3) is 0 Å². The van der Waals surface area contributed by atoms with Crippen LogP contribution in [0.1, 0.15) is 24.5 Å². The van der Waals surface area contributed by atoms with E-state index in [1.54, 1.807) is 0 Å². The number of para-hydroxylation sites is 1. The standard InChI is InChI=1S/C21H23N5O2/c1-2-5-16(6-3-1)23-21-24-17-13-15(18-7-4-10-28-18)14-22-19(17)20(25-21)26-8-11-27-12-9-26/h1-3,5-6,13-14,18H,4,7-12H2,(H,23,24,25). The molecule has 144 valence electrons. The monoisotopic (exact) mass is 377 g/mol. The van der Waals surface area contributed by atoms with Crippen LogP contribution in [-0.2, 0) is 9.47 Å². The zero-order valence-electron chi connectivity index (χ0n) is 15.7. The van der Waals surface area contributed by atoms with Gasteiger partial charge >= 0.3 is 0 Å². The second-order valence-electron chi connectivity index (χ2n) is 7.10. The molecule has 2 aliphatic heterocycles. The molecular formula is C21H23N5O2. The normalized spacial score (nSPS) is 19.9. The van der Waals surface area contributed by atoms with Crippen molar-refractivity contribution in [1.82, 2.24) is 15.0 Å². The molecule has 1 atom stereocenters. The highest BCUT2D eigenvalue weighted by atomic mass is 16.5. The van der Waals surface area contributed by atoms with Crippen molar-refractivity contribution in [3.05, 3.63) is 48.2 Å². The van der Waals surface area contributed by atoms with Gasteiger partial charge in [0.1, 0.15) is 5.52 Å². The Hall–Kier alpha value is -2.77. The van der Waals surface area contributed by atoms with Crippen molar-refractivity contribution in [2.45, 2.75) is 18.9 Å². The fraction of sp³-hybridized carbons (Fsp3) is 0.381. The number of anilines is 3. The van der Waals surface area contributed by atoms with E-state index in [-0.39, 0.29) is 6.10 Å². The lowest BCUT2D eigenvalue weighted by Crippen LogP contribution is -2.37. The van der Waals surface area contributed by atoms with Gasteiger partial charge in [-0.25, -0.2) is 4.98 Å². The van der Waals surface area contributed by atoms with Crippen LogP contribution < -0.4 is 10.2 Å². The molecular weight excluding hydrogens is 354 g/mol. The second kappa shape index (κ2) is 7.69. The zero-order valence-corrected chi connectivity index (χ0v) is 15.7. The molecule has 1 unspecified atom stereocenters. The van der Waals surface area contributed by atoms with Gasteiger partial charge in [-0.2, -0.15) is 4.98 Å². The predicted octanol–water partition coefficient (Wildman–Crippen LogP) is 3.46. The molecule has 0 saturated carbocycles. The quantitative estimate of drug-likeness (QED) is 0.746. The Bertz CT molecular complexity index is 954. The third-order valence-corrected chi connectivity index (χ3v) is 5.18. The smallest absolute Gasteiger partial charge is 0.229 e. The average molecular weight is 377 g/mol. The third-order valence-electron chi connectivity index (χ3n) is 5.18. The Balaban J connectivity index is 1.57. The molecule has 0 radical (unpaired) electrons. The van der Waals surface area contributed by atoms with Crippen LogP contribution in [0.25, 0.3) is 11.0 Å². The molecule has 7 heteroatoms. The maximum absolute atomic E-state index is 5.83. The highest BCUT2D eigenvalue weighted by Gasteiger charge is 2.22. The van der Waals surface area contributed by atoms with Crippen molar-refractivity contribution in [3.8, 4) is 0 Å². The summed E-state index contributed by atoms with van der Waals surface area (Å²) >= 11 is 0. The van der Waals surface area contributed by atoms with E-state index in [0.717, 1.165) is 60.6 Å². The maximum atomic E-state index is 5.83. The zero-order chi connectivity index (χ0) is 18.8. The lowest BCUT2D eigenvalue weighted by atomic mass is 10.1. The average Bonchev–Trinajstić information content (AvgIpc) is 3.29. The van der Waals surface area contributed by atoms with Gasteiger partial charge in [0.15, 0.2) is 5.82 Å². The number of nitrogens with zero attached hydrogens (tertiary/aromatic N) is 4. The molecule has 0 bridgehead atoms. The molecule has 3 aromatic rings. The van der Waals surface area contributed by atoms with Crippen molar-refractivity contribution in [2.75, 3.05) is 43.1 Å². The summed E-state index contributed by atoms with van der Waals surface area (Å²) in [6.07, 6.45) is 4.15. The van der Waals surface area contributed by atoms with Crippen LogP contribution in [0.3, 0.4) is 0 Å². The number of ether oxygens (including phenoxy) is 2. The first-order chi connectivity index (χ1) is 13.9. The Labute approximate surface area is 163 Å². The predicted molar refractivity (Wildman–Crippen MR) is 108 cm³/mol. The first-order valence-corrected chi connectivity index (χ1v) is 9.81. The maximum Gasteiger partial charge on any atom is 0.229 e. The van der Waals surface area contributed by atoms with E-state index >= 15 is 0 Å². The number of pyridine rings is 1. The van der Waals surface area contributed by atoms with Crippen molar-refractivity contribution in [1.29, 1.82) is 0 Å². The van der Waals surface area contributed by atoms with Crippen LogP contribution in [0.4, 0.5) is 17.5 Å². The van der Waals surface area contributed by atoms with Crippen molar-refractivity contribution >= 4 is 28.5 Å². The summed E-state index contributed by atoms with van der Waals surface area (Å²) < 4.78 is 11.3. The van der Waals surface area contributed by atoms with E-state index in [0.29, 0.717) is 19.2 Å². The summed E-state index contributed by atoms with van der Waals surface area (Å²) in [5.41, 5.74) is 3.70. The largest absolute Gasteiger partial charge is 0.378 e. The van der Waals surface area contributed by atoms with E-state index < -0.39 is 0 Å². The van der Waals surface area contributed by atoms with E-state index in [1.807, 2.05) is 36.5 Å². The molecule has 2 saturated heterocycles. The molecule has 2 fully saturated rings. The summed E-state index contributed by atoms with van der Waals surface area (Å²) in [6, 6.07) is 12.1. The number of fused-ring (bicyclic) bond motifs is 1. The minimum absolute atomic E-state index is 0.115. The van der Waals surface area contributed by atoms with E-state index in [4.69, 9.17) is 24.4 Å². The summed E-state index contributed by atoms with van der Waals surface area (Å²) in [6.45, 7) is 3.80. The minimum atomic E-state index is 0.115. The number of rotatable bonds is 4. The lowest BCUT2D eigenvalue weighted by molar-refractivity contribution is 0.112. The van der Waals surface area contributed by atoms with Crippen molar-refractivity contribution in [2.24, 2.45) is 0 Å². The Morgan fingerprint density at radius 3 is 2.68 bits per heavy atom. The Morgan fingerprint density at radius 1 is 1.04 bits per heavy atom. The van der Waals surface area contributed by atoms with Gasteiger partial charge in [-0.1, -0.05) is 18.2 Å². The molecule has 0 aliphatic carbocycles. The molecule has 28 heavy (non-hydrogen) atoms. The summed E-state index contributed by atoms with van der Waals surface area (Å²) in [4.78, 5) is 16.5. The highest BCUT2D eigenvalue weighted by molar-refractivity contribution is 5.87. The summed E-state index contributed by atoms with van der Waals surface area (Å²) in [5, 5.41) is 3.33. The lowest BCUT2D eigenvalue weighted by Gasteiger charge is -2.28. The van der Waals surface area contributed by atoms with Gasteiger partial charge in [0.05, 0.1) is 24.8 Å². The van der Waals surface area contributed by atoms with Gasteiger partial charge in [0.2, 0.25) is 5.95 Å². The number of aromatic nitrogens is 3. The van der Waals surface area contributed by atoms with Gasteiger partial charge in [-0.15, -0.1) is 0 Å². The molecule has 2 aromatic heterocycles. The number of hydrogen-bond donors (Lipinski definition) is 1. The number of benzene rings is 1. The number of hydrogen-bond acceptors (Lipinski definition) is 7. The van der Waals surface area contributed by atoms with Gasteiger partial charge in [-0.3, -0.25) is 4.98 Å². The number of morpholine rings is 1. The van der Waals surface area contributed by atoms with E-state index in [9.17, 15) is 0 Å². The fourth-order valence-corrected chi connectivity index (χ4v) is 3.74. The van der Waals surface area contributed by atoms with Crippen LogP contribution >= 0.6 is 0 Å².